The Morgan fingerprint density at radius 1 is 1.14 bits per heavy atom. The van der Waals surface area contributed by atoms with Gasteiger partial charge >= 0.3 is 6.18 Å². The lowest BCUT2D eigenvalue weighted by atomic mass is 9.86. The number of hydrogen-bond donors (Lipinski definition) is 2. The van der Waals surface area contributed by atoms with Crippen LogP contribution in [0.1, 0.15) is 36.6 Å². The van der Waals surface area contributed by atoms with Gasteiger partial charge in [-0.25, -0.2) is 4.98 Å². The van der Waals surface area contributed by atoms with Gasteiger partial charge < -0.3 is 15.5 Å². The lowest BCUT2D eigenvalue weighted by Gasteiger charge is -2.25. The summed E-state index contributed by atoms with van der Waals surface area (Å²) in [6, 6.07) is 9.62. The zero-order chi connectivity index (χ0) is 26.2. The molecular formula is C26H31F3N6OS. The van der Waals surface area contributed by atoms with E-state index < -0.39 is 12.6 Å². The zero-order valence-electron chi connectivity index (χ0n) is 21.0. The fourth-order valence-corrected chi connectivity index (χ4v) is 6.46. The van der Waals surface area contributed by atoms with E-state index in [1.165, 1.54) is 5.56 Å². The molecule has 1 aromatic carbocycles. The Morgan fingerprint density at radius 3 is 2.59 bits per heavy atom. The maximum Gasteiger partial charge on any atom is 0.393 e. The number of halogens is 3. The lowest BCUT2D eigenvalue weighted by Crippen LogP contribution is -2.31. The van der Waals surface area contributed by atoms with Crippen molar-refractivity contribution >= 4 is 44.9 Å². The van der Waals surface area contributed by atoms with Crippen molar-refractivity contribution in [2.75, 3.05) is 48.8 Å². The molecule has 4 heterocycles. The highest BCUT2D eigenvalue weighted by molar-refractivity contribution is 7.18. The van der Waals surface area contributed by atoms with Crippen LogP contribution in [0.4, 0.5) is 30.6 Å². The monoisotopic (exact) mass is 532 g/mol. The minimum Gasteiger partial charge on any atom is -0.357 e. The van der Waals surface area contributed by atoms with E-state index in [2.05, 4.69) is 42.5 Å². The number of benzene rings is 1. The zero-order valence-corrected chi connectivity index (χ0v) is 21.8. The Morgan fingerprint density at radius 2 is 1.89 bits per heavy atom. The highest BCUT2D eigenvalue weighted by atomic mass is 32.1. The molecule has 7 nitrogen and oxygen atoms in total. The van der Waals surface area contributed by atoms with Gasteiger partial charge in [0.05, 0.1) is 11.8 Å². The summed E-state index contributed by atoms with van der Waals surface area (Å²) in [5, 5.41) is 6.53. The average molecular weight is 533 g/mol. The number of rotatable bonds is 7. The molecule has 3 aromatic rings. The van der Waals surface area contributed by atoms with Crippen LogP contribution < -0.4 is 15.5 Å². The van der Waals surface area contributed by atoms with Gasteiger partial charge in [0.2, 0.25) is 11.9 Å². The SMILES string of the molecule is CCC(=O)Nc1ccc(CN2CCC3(CCN(c4nc(NC)nc5sc(CC(F)(F)F)cc45)C3)C2)cc1. The van der Waals surface area contributed by atoms with E-state index in [4.69, 9.17) is 0 Å². The first-order valence-corrected chi connectivity index (χ1v) is 13.4. The van der Waals surface area contributed by atoms with E-state index in [1.54, 1.807) is 13.1 Å². The topological polar surface area (TPSA) is 73.4 Å². The molecule has 5 rings (SSSR count). The molecule has 2 saturated heterocycles. The van der Waals surface area contributed by atoms with E-state index >= 15 is 0 Å². The predicted molar refractivity (Wildman–Crippen MR) is 141 cm³/mol. The summed E-state index contributed by atoms with van der Waals surface area (Å²) in [5.74, 6) is 1.15. The number of amides is 1. The van der Waals surface area contributed by atoms with Crippen molar-refractivity contribution in [3.8, 4) is 0 Å². The molecule has 1 spiro atoms. The number of likely N-dealkylation sites (tertiary alicyclic amines) is 1. The molecule has 11 heteroatoms. The molecule has 37 heavy (non-hydrogen) atoms. The van der Waals surface area contributed by atoms with Crippen LogP contribution in [0.5, 0.6) is 0 Å². The van der Waals surface area contributed by atoms with Crippen LogP contribution in [0.15, 0.2) is 30.3 Å². The number of thiophene rings is 1. The first kappa shape index (κ1) is 25.7. The van der Waals surface area contributed by atoms with Crippen molar-refractivity contribution in [3.63, 3.8) is 0 Å². The van der Waals surface area contributed by atoms with Crippen LogP contribution in [0.3, 0.4) is 0 Å². The normalized spacial score (nSPS) is 20.3. The van der Waals surface area contributed by atoms with Gasteiger partial charge in [0.1, 0.15) is 10.6 Å². The average Bonchev–Trinajstić information content (AvgIpc) is 3.57. The number of anilines is 3. The van der Waals surface area contributed by atoms with E-state index in [-0.39, 0.29) is 16.2 Å². The fourth-order valence-electron chi connectivity index (χ4n) is 5.41. The molecule has 2 fully saturated rings. The second-order valence-electron chi connectivity index (χ2n) is 10.1. The van der Waals surface area contributed by atoms with Gasteiger partial charge in [0.15, 0.2) is 0 Å². The van der Waals surface area contributed by atoms with E-state index in [1.807, 2.05) is 19.1 Å². The summed E-state index contributed by atoms with van der Waals surface area (Å²) in [6.45, 7) is 6.28. The van der Waals surface area contributed by atoms with Crippen molar-refractivity contribution < 1.29 is 18.0 Å². The van der Waals surface area contributed by atoms with Gasteiger partial charge in [0, 0.05) is 55.6 Å². The Kier molecular flexibility index (Phi) is 7.01. The molecule has 0 bridgehead atoms. The molecule has 2 aliphatic heterocycles. The van der Waals surface area contributed by atoms with Crippen molar-refractivity contribution in [2.24, 2.45) is 5.41 Å². The van der Waals surface area contributed by atoms with Gasteiger partial charge in [-0.15, -0.1) is 11.3 Å². The van der Waals surface area contributed by atoms with Gasteiger partial charge in [-0.1, -0.05) is 19.1 Å². The third kappa shape index (κ3) is 5.82. The van der Waals surface area contributed by atoms with Gasteiger partial charge in [0.25, 0.3) is 0 Å². The highest BCUT2D eigenvalue weighted by Gasteiger charge is 2.44. The third-order valence-corrected chi connectivity index (χ3v) is 8.27. The molecule has 2 aliphatic rings. The summed E-state index contributed by atoms with van der Waals surface area (Å²) in [7, 11) is 1.72. The van der Waals surface area contributed by atoms with Gasteiger partial charge in [-0.05, 0) is 43.1 Å². The van der Waals surface area contributed by atoms with Crippen LogP contribution in [-0.4, -0.2) is 60.2 Å². The molecular weight excluding hydrogens is 501 g/mol. The first-order chi connectivity index (χ1) is 17.6. The molecule has 2 aromatic heterocycles. The summed E-state index contributed by atoms with van der Waals surface area (Å²) >= 11 is 1.09. The Bertz CT molecular complexity index is 1280. The molecule has 2 N–H and O–H groups in total. The Balaban J connectivity index is 1.28. The van der Waals surface area contributed by atoms with Crippen LogP contribution in [0.25, 0.3) is 10.2 Å². The van der Waals surface area contributed by atoms with Crippen molar-refractivity contribution in [3.05, 3.63) is 40.8 Å². The minimum atomic E-state index is -4.25. The van der Waals surface area contributed by atoms with Gasteiger partial charge in [-0.3, -0.25) is 9.69 Å². The number of alkyl halides is 3. The number of carbonyl (C=O) groups is 1. The third-order valence-electron chi connectivity index (χ3n) is 7.24. The van der Waals surface area contributed by atoms with Crippen molar-refractivity contribution in [2.45, 2.75) is 45.3 Å². The summed E-state index contributed by atoms with van der Waals surface area (Å²) < 4.78 is 39.1. The Labute approximate surface area is 218 Å². The smallest absolute Gasteiger partial charge is 0.357 e. The quantitative estimate of drug-likeness (QED) is 0.431. The van der Waals surface area contributed by atoms with E-state index in [9.17, 15) is 18.0 Å². The van der Waals surface area contributed by atoms with Crippen molar-refractivity contribution in [1.29, 1.82) is 0 Å². The minimum absolute atomic E-state index is 0.00171. The maximum absolute atomic E-state index is 13.0. The molecule has 1 unspecified atom stereocenters. The number of nitrogens with one attached hydrogen (secondary N) is 2. The lowest BCUT2D eigenvalue weighted by molar-refractivity contribution is -0.126. The van der Waals surface area contributed by atoms with Crippen LogP contribution in [0, 0.1) is 5.41 Å². The Hall–Kier alpha value is -2.92. The van der Waals surface area contributed by atoms with Crippen LogP contribution >= 0.6 is 11.3 Å². The number of fused-ring (bicyclic) bond motifs is 1. The summed E-state index contributed by atoms with van der Waals surface area (Å²) in [4.78, 5) is 26.2. The number of carbonyl (C=O) groups excluding carboxylic acids is 1. The molecule has 0 saturated carbocycles. The highest BCUT2D eigenvalue weighted by Crippen LogP contribution is 2.43. The first-order valence-electron chi connectivity index (χ1n) is 12.6. The molecule has 198 valence electrons. The van der Waals surface area contributed by atoms with Crippen molar-refractivity contribution in [1.82, 2.24) is 14.9 Å². The van der Waals surface area contributed by atoms with Crippen LogP contribution in [0.2, 0.25) is 0 Å². The number of nitrogens with zero attached hydrogens (tertiary/aromatic N) is 4. The summed E-state index contributed by atoms with van der Waals surface area (Å²) in [6.07, 6.45) is -2.66. The molecule has 0 radical (unpaired) electrons. The van der Waals surface area contributed by atoms with E-state index in [0.29, 0.717) is 22.6 Å². The molecule has 1 amide bonds. The molecule has 1 atom stereocenters. The number of aromatic nitrogens is 2. The maximum atomic E-state index is 13.0. The largest absolute Gasteiger partial charge is 0.393 e. The summed E-state index contributed by atoms with van der Waals surface area (Å²) in [5.41, 5.74) is 2.15. The second kappa shape index (κ2) is 10.1. The van der Waals surface area contributed by atoms with Gasteiger partial charge in [-0.2, -0.15) is 18.2 Å². The second-order valence-corrected chi connectivity index (χ2v) is 11.2. The predicted octanol–water partition coefficient (Wildman–Crippen LogP) is 5.29. The number of hydrogen-bond acceptors (Lipinski definition) is 7. The standard InChI is InChI=1S/C26H31F3N6OS/c1-3-21(36)31-18-6-4-17(5-7-18)14-34-10-8-25(15-34)9-11-35(16-25)22-20-12-19(13-26(27,28)29)37-23(20)33-24(30-2)32-22/h4-7,12H,3,8-11,13-16H2,1-2H3,(H,31,36)(H,30,32,33). The fraction of sp³-hybridized carbons (Fsp3) is 0.500. The van der Waals surface area contributed by atoms with Crippen LogP contribution in [-0.2, 0) is 17.8 Å². The molecule has 0 aliphatic carbocycles. The van der Waals surface area contributed by atoms with E-state index in [0.717, 1.165) is 68.4 Å².